The van der Waals surface area contributed by atoms with Gasteiger partial charge in [0.15, 0.2) is 5.16 Å². The Bertz CT molecular complexity index is 831. The molecule has 1 fully saturated rings. The molecule has 0 amide bonds. The summed E-state index contributed by atoms with van der Waals surface area (Å²) in [5.74, 6) is 1.10. The second-order valence-corrected chi connectivity index (χ2v) is 7.56. The Morgan fingerprint density at radius 3 is 2.60 bits per heavy atom. The first-order valence-electron chi connectivity index (χ1n) is 8.86. The molecule has 0 unspecified atom stereocenters. The van der Waals surface area contributed by atoms with Crippen LogP contribution in [0, 0.1) is 0 Å². The number of aryl methyl sites for hydroxylation is 1. The molecule has 3 aromatic rings. The number of anilines is 1. The molecule has 1 saturated heterocycles. The monoisotopic (exact) mass is 352 g/mol. The highest BCUT2D eigenvalue weighted by Gasteiger charge is 2.18. The van der Waals surface area contributed by atoms with E-state index in [-0.39, 0.29) is 0 Å². The van der Waals surface area contributed by atoms with Gasteiger partial charge in [-0.2, -0.15) is 0 Å². The number of hydrogen-bond acceptors (Lipinski definition) is 4. The van der Waals surface area contributed by atoms with Gasteiger partial charge in [-0.15, -0.1) is 0 Å². The lowest BCUT2D eigenvalue weighted by atomic mass is 10.1. The third-order valence-electron chi connectivity index (χ3n) is 4.90. The van der Waals surface area contributed by atoms with Gasteiger partial charge in [-0.25, -0.2) is 4.98 Å². The van der Waals surface area contributed by atoms with E-state index in [1.165, 1.54) is 16.5 Å². The smallest absolute Gasteiger partial charge is 0.167 e. The number of hydrogen-bond donors (Lipinski definition) is 0. The van der Waals surface area contributed by atoms with Crippen molar-refractivity contribution in [1.82, 2.24) is 14.5 Å². The minimum Gasteiger partial charge on any atom is -0.368 e. The lowest BCUT2D eigenvalue weighted by Gasteiger charge is -2.36. The normalized spacial score (nSPS) is 15.8. The molecule has 0 bridgehead atoms. The molecule has 4 nitrogen and oxygen atoms in total. The van der Waals surface area contributed by atoms with Crippen LogP contribution in [0.25, 0.3) is 10.8 Å². The van der Waals surface area contributed by atoms with Gasteiger partial charge >= 0.3 is 0 Å². The fourth-order valence-electron chi connectivity index (χ4n) is 3.45. The Hall–Kier alpha value is -1.98. The van der Waals surface area contributed by atoms with Crippen LogP contribution in [0.4, 0.5) is 5.69 Å². The molecule has 1 aliphatic rings. The van der Waals surface area contributed by atoms with E-state index in [1.54, 1.807) is 0 Å². The fraction of sp³-hybridized carbons (Fsp3) is 0.350. The molecule has 2 heterocycles. The minimum atomic E-state index is 1.10. The molecule has 2 aromatic carbocycles. The zero-order valence-corrected chi connectivity index (χ0v) is 15.5. The number of imidazole rings is 1. The van der Waals surface area contributed by atoms with Crippen LogP contribution < -0.4 is 4.90 Å². The molecule has 0 atom stereocenters. The molecule has 25 heavy (non-hydrogen) atoms. The first-order valence-corrected chi connectivity index (χ1v) is 9.85. The van der Waals surface area contributed by atoms with Gasteiger partial charge in [-0.3, -0.25) is 4.90 Å². The summed E-state index contributed by atoms with van der Waals surface area (Å²) in [5, 5.41) is 3.80. The molecule has 1 aromatic heterocycles. The summed E-state index contributed by atoms with van der Waals surface area (Å²) < 4.78 is 2.09. The Balaban J connectivity index is 1.33. The molecular weight excluding hydrogens is 328 g/mol. The number of thioether (sulfide) groups is 1. The third kappa shape index (κ3) is 3.67. The molecular formula is C20H24N4S. The highest BCUT2D eigenvalue weighted by Crippen LogP contribution is 2.27. The van der Waals surface area contributed by atoms with Gasteiger partial charge < -0.3 is 9.47 Å². The number of fused-ring (bicyclic) bond motifs is 1. The number of benzene rings is 2. The van der Waals surface area contributed by atoms with E-state index in [4.69, 9.17) is 0 Å². The summed E-state index contributed by atoms with van der Waals surface area (Å²) in [5.41, 5.74) is 1.38. The second-order valence-electron chi connectivity index (χ2n) is 6.50. The molecule has 1 aliphatic heterocycles. The Morgan fingerprint density at radius 1 is 1.00 bits per heavy atom. The molecule has 4 rings (SSSR count). The van der Waals surface area contributed by atoms with Crippen LogP contribution in [0.1, 0.15) is 0 Å². The summed E-state index contributed by atoms with van der Waals surface area (Å²) in [6.45, 7) is 5.58. The van der Waals surface area contributed by atoms with Crippen LogP contribution in [-0.4, -0.2) is 52.9 Å². The summed E-state index contributed by atoms with van der Waals surface area (Å²) in [7, 11) is 2.05. The standard InChI is InChI=1S/C20H24N4S/c1-22-10-9-21-20(22)25-16-15-23-11-13-24(14-12-23)19-8-4-6-17-5-2-3-7-18(17)19/h2-10H,11-16H2,1H3. The van der Waals surface area contributed by atoms with Gasteiger partial charge in [0.05, 0.1) is 0 Å². The van der Waals surface area contributed by atoms with E-state index in [2.05, 4.69) is 68.9 Å². The summed E-state index contributed by atoms with van der Waals surface area (Å²) >= 11 is 1.84. The van der Waals surface area contributed by atoms with Crippen LogP contribution >= 0.6 is 11.8 Å². The number of rotatable bonds is 5. The molecule has 5 heteroatoms. The average Bonchev–Trinajstić information content (AvgIpc) is 3.07. The van der Waals surface area contributed by atoms with E-state index in [1.807, 2.05) is 24.2 Å². The van der Waals surface area contributed by atoms with Gasteiger partial charge in [-0.1, -0.05) is 48.2 Å². The summed E-state index contributed by atoms with van der Waals surface area (Å²) in [6.07, 6.45) is 3.87. The molecule has 0 spiro atoms. The van der Waals surface area contributed by atoms with Crippen LogP contribution in [0.2, 0.25) is 0 Å². The maximum absolute atomic E-state index is 4.38. The number of aromatic nitrogens is 2. The van der Waals surface area contributed by atoms with Crippen molar-refractivity contribution in [2.45, 2.75) is 5.16 Å². The van der Waals surface area contributed by atoms with E-state index in [0.717, 1.165) is 43.6 Å². The van der Waals surface area contributed by atoms with Gasteiger partial charge in [0, 0.05) is 69.0 Å². The van der Waals surface area contributed by atoms with Crippen molar-refractivity contribution in [1.29, 1.82) is 0 Å². The van der Waals surface area contributed by atoms with E-state index in [9.17, 15) is 0 Å². The van der Waals surface area contributed by atoms with Crippen molar-refractivity contribution in [2.75, 3.05) is 43.4 Å². The summed E-state index contributed by atoms with van der Waals surface area (Å²) in [6, 6.07) is 15.3. The van der Waals surface area contributed by atoms with Crippen molar-refractivity contribution in [3.8, 4) is 0 Å². The molecule has 0 saturated carbocycles. The first kappa shape index (κ1) is 16.5. The topological polar surface area (TPSA) is 24.3 Å². The quantitative estimate of drug-likeness (QED) is 0.656. The van der Waals surface area contributed by atoms with Gasteiger partial charge in [0.1, 0.15) is 0 Å². The Labute approximate surface area is 153 Å². The lowest BCUT2D eigenvalue weighted by molar-refractivity contribution is 0.273. The average molecular weight is 353 g/mol. The number of piperazine rings is 1. The van der Waals surface area contributed by atoms with Crippen LogP contribution in [-0.2, 0) is 7.05 Å². The Kier molecular flexibility index (Phi) is 4.95. The van der Waals surface area contributed by atoms with Gasteiger partial charge in [-0.05, 0) is 11.5 Å². The third-order valence-corrected chi connectivity index (χ3v) is 5.93. The highest BCUT2D eigenvalue weighted by molar-refractivity contribution is 7.99. The highest BCUT2D eigenvalue weighted by atomic mass is 32.2. The van der Waals surface area contributed by atoms with Crippen LogP contribution in [0.15, 0.2) is 60.0 Å². The molecule has 0 N–H and O–H groups in total. The van der Waals surface area contributed by atoms with E-state index >= 15 is 0 Å². The van der Waals surface area contributed by atoms with Crippen molar-refractivity contribution < 1.29 is 0 Å². The van der Waals surface area contributed by atoms with Crippen molar-refractivity contribution in [3.63, 3.8) is 0 Å². The lowest BCUT2D eigenvalue weighted by Crippen LogP contribution is -2.47. The predicted octanol–water partition coefficient (Wildman–Crippen LogP) is 3.49. The van der Waals surface area contributed by atoms with Crippen molar-refractivity contribution in [2.24, 2.45) is 7.05 Å². The fourth-order valence-corrected chi connectivity index (χ4v) is 4.39. The van der Waals surface area contributed by atoms with Crippen LogP contribution in [0.3, 0.4) is 0 Å². The van der Waals surface area contributed by atoms with E-state index < -0.39 is 0 Å². The van der Waals surface area contributed by atoms with Gasteiger partial charge in [0.2, 0.25) is 0 Å². The number of nitrogens with zero attached hydrogens (tertiary/aromatic N) is 4. The maximum atomic E-state index is 4.38. The zero-order valence-electron chi connectivity index (χ0n) is 14.6. The second kappa shape index (κ2) is 7.50. The molecule has 0 radical (unpaired) electrons. The van der Waals surface area contributed by atoms with Crippen LogP contribution in [0.5, 0.6) is 0 Å². The Morgan fingerprint density at radius 2 is 1.80 bits per heavy atom. The molecule has 130 valence electrons. The molecule has 0 aliphatic carbocycles. The summed E-state index contributed by atoms with van der Waals surface area (Å²) in [4.78, 5) is 9.48. The van der Waals surface area contributed by atoms with Crippen molar-refractivity contribution >= 4 is 28.2 Å². The zero-order chi connectivity index (χ0) is 17.1. The largest absolute Gasteiger partial charge is 0.368 e. The maximum Gasteiger partial charge on any atom is 0.167 e. The van der Waals surface area contributed by atoms with Gasteiger partial charge in [0.25, 0.3) is 0 Å². The minimum absolute atomic E-state index is 1.10. The predicted molar refractivity (Wildman–Crippen MR) is 107 cm³/mol. The van der Waals surface area contributed by atoms with E-state index in [0.29, 0.717) is 0 Å². The first-order chi connectivity index (χ1) is 12.3. The van der Waals surface area contributed by atoms with Crippen molar-refractivity contribution in [3.05, 3.63) is 54.9 Å². The SMILES string of the molecule is Cn1ccnc1SCCN1CCN(c2cccc3ccccc23)CC1.